The number of carbonyl (C=O) groups is 1. The van der Waals surface area contributed by atoms with Gasteiger partial charge in [-0.2, -0.15) is 0 Å². The second kappa shape index (κ2) is 6.60. The molecule has 2 aromatic carbocycles. The zero-order valence-electron chi connectivity index (χ0n) is 15.2. The number of amides is 1. The van der Waals surface area contributed by atoms with Crippen LogP contribution < -0.4 is 19.5 Å². The van der Waals surface area contributed by atoms with Crippen LogP contribution in [-0.2, 0) is 6.61 Å². The SMILES string of the molecule is C[C@@H](NC(=O)c1noc2c1COc1ccccc1-2)c1ccc2c(c1)OCCO2. The fourth-order valence-corrected chi connectivity index (χ4v) is 3.44. The molecule has 3 aromatic rings. The van der Waals surface area contributed by atoms with Gasteiger partial charge in [0.2, 0.25) is 0 Å². The lowest BCUT2D eigenvalue weighted by molar-refractivity contribution is 0.0928. The van der Waals surface area contributed by atoms with E-state index >= 15 is 0 Å². The van der Waals surface area contributed by atoms with Crippen LogP contribution >= 0.6 is 0 Å². The summed E-state index contributed by atoms with van der Waals surface area (Å²) in [6.07, 6.45) is 0. The highest BCUT2D eigenvalue weighted by atomic mass is 16.6. The number of carbonyl (C=O) groups excluding carboxylic acids is 1. The van der Waals surface area contributed by atoms with Crippen molar-refractivity contribution < 1.29 is 23.5 Å². The number of aromatic nitrogens is 1. The van der Waals surface area contributed by atoms with Crippen molar-refractivity contribution in [2.24, 2.45) is 0 Å². The van der Waals surface area contributed by atoms with Crippen LogP contribution in [0.1, 0.15) is 34.6 Å². The molecule has 2 aliphatic rings. The summed E-state index contributed by atoms with van der Waals surface area (Å²) in [5.41, 5.74) is 2.62. The molecule has 0 spiro atoms. The molecule has 0 unspecified atom stereocenters. The predicted molar refractivity (Wildman–Crippen MR) is 99.6 cm³/mol. The second-order valence-corrected chi connectivity index (χ2v) is 6.72. The van der Waals surface area contributed by atoms with Crippen LogP contribution in [0.2, 0.25) is 0 Å². The molecule has 7 heteroatoms. The van der Waals surface area contributed by atoms with Crippen molar-refractivity contribution in [3.05, 3.63) is 59.3 Å². The molecular weight excluding hydrogens is 360 g/mol. The van der Waals surface area contributed by atoms with Crippen molar-refractivity contribution in [3.63, 3.8) is 0 Å². The van der Waals surface area contributed by atoms with E-state index in [4.69, 9.17) is 18.7 Å². The lowest BCUT2D eigenvalue weighted by Crippen LogP contribution is -2.28. The van der Waals surface area contributed by atoms with Gasteiger partial charge in [0, 0.05) is 0 Å². The number of fused-ring (bicyclic) bond motifs is 4. The van der Waals surface area contributed by atoms with Crippen LogP contribution in [0.5, 0.6) is 17.2 Å². The molecule has 2 aliphatic heterocycles. The third-order valence-electron chi connectivity index (χ3n) is 4.92. The van der Waals surface area contributed by atoms with Gasteiger partial charge >= 0.3 is 0 Å². The summed E-state index contributed by atoms with van der Waals surface area (Å²) < 4.78 is 22.4. The number of hydrogen-bond acceptors (Lipinski definition) is 6. The first-order chi connectivity index (χ1) is 13.7. The van der Waals surface area contributed by atoms with Crippen molar-refractivity contribution in [2.75, 3.05) is 13.2 Å². The van der Waals surface area contributed by atoms with Gasteiger partial charge in [0.1, 0.15) is 25.6 Å². The van der Waals surface area contributed by atoms with E-state index in [0.717, 1.165) is 22.6 Å². The van der Waals surface area contributed by atoms with Crippen molar-refractivity contribution in [1.82, 2.24) is 10.5 Å². The Kier molecular flexibility index (Phi) is 3.93. The Morgan fingerprint density at radius 2 is 1.86 bits per heavy atom. The molecule has 0 bridgehead atoms. The van der Waals surface area contributed by atoms with Crippen LogP contribution in [0.3, 0.4) is 0 Å². The maximum absolute atomic E-state index is 12.8. The van der Waals surface area contributed by atoms with Crippen LogP contribution in [0.25, 0.3) is 11.3 Å². The summed E-state index contributed by atoms with van der Waals surface area (Å²) in [4.78, 5) is 12.8. The highest BCUT2D eigenvalue weighted by Crippen LogP contribution is 2.38. The Hall–Kier alpha value is -3.48. The van der Waals surface area contributed by atoms with E-state index in [1.54, 1.807) is 0 Å². The number of hydrogen-bond donors (Lipinski definition) is 1. The molecule has 28 heavy (non-hydrogen) atoms. The highest BCUT2D eigenvalue weighted by Gasteiger charge is 2.29. The van der Waals surface area contributed by atoms with Gasteiger partial charge in [-0.25, -0.2) is 0 Å². The van der Waals surface area contributed by atoms with E-state index in [2.05, 4.69) is 10.5 Å². The molecule has 5 rings (SSSR count). The van der Waals surface area contributed by atoms with Gasteiger partial charge in [-0.1, -0.05) is 23.4 Å². The summed E-state index contributed by atoms with van der Waals surface area (Å²) in [5.74, 6) is 2.40. The summed E-state index contributed by atoms with van der Waals surface area (Å²) in [6, 6.07) is 12.9. The average molecular weight is 378 g/mol. The number of para-hydroxylation sites is 1. The summed E-state index contributed by atoms with van der Waals surface area (Å²) in [6.45, 7) is 3.21. The molecule has 142 valence electrons. The molecule has 1 atom stereocenters. The zero-order chi connectivity index (χ0) is 19.1. The van der Waals surface area contributed by atoms with E-state index in [0.29, 0.717) is 30.3 Å². The lowest BCUT2D eigenvalue weighted by Gasteiger charge is -2.21. The van der Waals surface area contributed by atoms with Crippen LogP contribution in [0.4, 0.5) is 0 Å². The third kappa shape index (κ3) is 2.76. The third-order valence-corrected chi connectivity index (χ3v) is 4.92. The minimum atomic E-state index is -0.310. The van der Waals surface area contributed by atoms with Crippen molar-refractivity contribution in [1.29, 1.82) is 0 Å². The number of benzene rings is 2. The van der Waals surface area contributed by atoms with Gasteiger partial charge in [-0.3, -0.25) is 4.79 Å². The van der Waals surface area contributed by atoms with Crippen LogP contribution in [-0.4, -0.2) is 24.3 Å². The van der Waals surface area contributed by atoms with Crippen molar-refractivity contribution in [2.45, 2.75) is 19.6 Å². The highest BCUT2D eigenvalue weighted by molar-refractivity contribution is 5.95. The number of nitrogens with zero attached hydrogens (tertiary/aromatic N) is 1. The summed E-state index contributed by atoms with van der Waals surface area (Å²) in [7, 11) is 0. The van der Waals surface area contributed by atoms with E-state index in [9.17, 15) is 4.79 Å². The predicted octanol–water partition coefficient (Wildman–Crippen LogP) is 3.50. The topological polar surface area (TPSA) is 82.8 Å². The molecule has 0 aliphatic carbocycles. The number of ether oxygens (including phenoxy) is 3. The Balaban J connectivity index is 1.38. The minimum absolute atomic E-state index is 0.243. The molecule has 1 N–H and O–H groups in total. The fourth-order valence-electron chi connectivity index (χ4n) is 3.44. The average Bonchev–Trinajstić information content (AvgIpc) is 3.18. The standard InChI is InChI=1S/C21H18N2O5/c1-12(13-6-7-17-18(10-13)26-9-8-25-17)22-21(24)19-15-11-27-16-5-3-2-4-14(16)20(15)28-23-19/h2-7,10,12H,8-9,11H2,1H3,(H,22,24)/t12-/m1/s1. The Morgan fingerprint density at radius 3 is 2.75 bits per heavy atom. The van der Waals surface area contributed by atoms with Crippen LogP contribution in [0.15, 0.2) is 47.0 Å². The Labute approximate surface area is 161 Å². The van der Waals surface area contributed by atoms with Crippen LogP contribution in [0, 0.1) is 0 Å². The molecular formula is C21H18N2O5. The molecule has 1 amide bonds. The van der Waals surface area contributed by atoms with Gasteiger partial charge in [-0.15, -0.1) is 0 Å². The second-order valence-electron chi connectivity index (χ2n) is 6.72. The monoisotopic (exact) mass is 378 g/mol. The van der Waals surface area contributed by atoms with Gasteiger partial charge in [0.25, 0.3) is 5.91 Å². The van der Waals surface area contributed by atoms with Gasteiger partial charge in [0.15, 0.2) is 23.0 Å². The van der Waals surface area contributed by atoms with Gasteiger partial charge in [0.05, 0.1) is 17.2 Å². The Morgan fingerprint density at radius 1 is 1.04 bits per heavy atom. The summed E-state index contributed by atoms with van der Waals surface area (Å²) in [5, 5.41) is 6.97. The van der Waals surface area contributed by atoms with E-state index in [-0.39, 0.29) is 24.2 Å². The smallest absolute Gasteiger partial charge is 0.274 e. The molecule has 0 saturated carbocycles. The quantitative estimate of drug-likeness (QED) is 0.751. The first-order valence-electron chi connectivity index (χ1n) is 9.12. The molecule has 3 heterocycles. The lowest BCUT2D eigenvalue weighted by atomic mass is 10.0. The normalized spacial score (nSPS) is 15.0. The first-order valence-corrected chi connectivity index (χ1v) is 9.12. The van der Waals surface area contributed by atoms with E-state index in [1.807, 2.05) is 49.4 Å². The minimum Gasteiger partial charge on any atom is -0.488 e. The number of rotatable bonds is 3. The van der Waals surface area contributed by atoms with Gasteiger partial charge < -0.3 is 24.1 Å². The zero-order valence-corrected chi connectivity index (χ0v) is 15.2. The Bertz CT molecular complexity index is 1060. The van der Waals surface area contributed by atoms with Crippen molar-refractivity contribution >= 4 is 5.91 Å². The van der Waals surface area contributed by atoms with Gasteiger partial charge in [-0.05, 0) is 36.8 Å². The molecule has 0 radical (unpaired) electrons. The number of nitrogens with one attached hydrogen (secondary N) is 1. The molecule has 0 saturated heterocycles. The van der Waals surface area contributed by atoms with E-state index < -0.39 is 0 Å². The largest absolute Gasteiger partial charge is 0.488 e. The van der Waals surface area contributed by atoms with Crippen molar-refractivity contribution in [3.8, 4) is 28.6 Å². The molecule has 0 fully saturated rings. The van der Waals surface area contributed by atoms with E-state index in [1.165, 1.54) is 0 Å². The summed E-state index contributed by atoms with van der Waals surface area (Å²) >= 11 is 0. The maximum Gasteiger partial charge on any atom is 0.274 e. The maximum atomic E-state index is 12.8. The molecule has 1 aromatic heterocycles. The fraction of sp³-hybridized carbons (Fsp3) is 0.238. The first kappa shape index (κ1) is 16.7. The molecule has 7 nitrogen and oxygen atoms in total.